The quantitative estimate of drug-likeness (QED) is 0.455. The summed E-state index contributed by atoms with van der Waals surface area (Å²) in [5.74, 6) is -1.50. The molecule has 1 rings (SSSR count). The van der Waals surface area contributed by atoms with Gasteiger partial charge in [0, 0.05) is 0 Å². The van der Waals surface area contributed by atoms with Gasteiger partial charge in [-0.05, 0) is 5.92 Å². The first-order valence-electron chi connectivity index (χ1n) is 4.78. The topological polar surface area (TPSA) is 107 Å². The Balaban J connectivity index is 2.85. The van der Waals surface area contributed by atoms with E-state index in [2.05, 4.69) is 0 Å². The van der Waals surface area contributed by atoms with Crippen LogP contribution in [0.5, 0.6) is 0 Å². The normalized spacial score (nSPS) is 41.9. The van der Waals surface area contributed by atoms with E-state index in [-0.39, 0.29) is 5.92 Å². The summed E-state index contributed by atoms with van der Waals surface area (Å²) in [5, 5.41) is 37.1. The van der Waals surface area contributed by atoms with Crippen LogP contribution in [-0.2, 0) is 9.53 Å². The maximum absolute atomic E-state index is 10.7. The van der Waals surface area contributed by atoms with Crippen LogP contribution in [0.4, 0.5) is 0 Å². The molecular weight excluding hydrogens is 204 g/mol. The number of carbonyl (C=O) groups is 1. The third-order valence-corrected chi connectivity index (χ3v) is 2.55. The summed E-state index contributed by atoms with van der Waals surface area (Å²) in [7, 11) is 0. The molecule has 1 saturated heterocycles. The number of carboxylic acid groups (broad SMARTS) is 1. The average Bonchev–Trinajstić information content (AvgIpc) is 2.13. The monoisotopic (exact) mass is 220 g/mol. The fourth-order valence-corrected chi connectivity index (χ4v) is 1.66. The number of carboxylic acids is 1. The second kappa shape index (κ2) is 4.44. The van der Waals surface area contributed by atoms with Crippen molar-refractivity contribution in [1.82, 2.24) is 0 Å². The Morgan fingerprint density at radius 1 is 1.13 bits per heavy atom. The molecular formula is C9H16O6. The van der Waals surface area contributed by atoms with Crippen molar-refractivity contribution in [1.29, 1.82) is 0 Å². The lowest BCUT2D eigenvalue weighted by molar-refractivity contribution is -0.235. The van der Waals surface area contributed by atoms with Gasteiger partial charge in [0.2, 0.25) is 0 Å². The minimum Gasteiger partial charge on any atom is -0.479 e. The van der Waals surface area contributed by atoms with E-state index < -0.39 is 36.5 Å². The molecule has 0 radical (unpaired) electrons. The van der Waals surface area contributed by atoms with Crippen LogP contribution in [0.1, 0.15) is 13.8 Å². The van der Waals surface area contributed by atoms with E-state index in [1.807, 2.05) is 0 Å². The second-order valence-electron chi connectivity index (χ2n) is 4.08. The molecule has 1 aliphatic rings. The van der Waals surface area contributed by atoms with Gasteiger partial charge in [-0.15, -0.1) is 0 Å². The number of hydrogen-bond acceptors (Lipinski definition) is 5. The molecule has 88 valence electrons. The van der Waals surface area contributed by atoms with Crippen LogP contribution in [0, 0.1) is 5.92 Å². The predicted octanol–water partition coefficient (Wildman–Crippen LogP) is -1.42. The van der Waals surface area contributed by atoms with Crippen molar-refractivity contribution in [2.24, 2.45) is 5.92 Å². The lowest BCUT2D eigenvalue weighted by atomic mass is 9.89. The molecule has 1 aliphatic heterocycles. The summed E-state index contributed by atoms with van der Waals surface area (Å²) in [6, 6.07) is 0. The van der Waals surface area contributed by atoms with Crippen molar-refractivity contribution in [2.75, 3.05) is 0 Å². The number of hydrogen-bond donors (Lipinski definition) is 4. The highest BCUT2D eigenvalue weighted by atomic mass is 16.6. The molecule has 0 amide bonds. The molecule has 15 heavy (non-hydrogen) atoms. The van der Waals surface area contributed by atoms with Crippen molar-refractivity contribution in [3.05, 3.63) is 0 Å². The van der Waals surface area contributed by atoms with Crippen molar-refractivity contribution >= 4 is 5.97 Å². The highest BCUT2D eigenvalue weighted by Gasteiger charge is 2.47. The molecule has 1 fully saturated rings. The fourth-order valence-electron chi connectivity index (χ4n) is 1.66. The molecule has 0 spiro atoms. The van der Waals surface area contributed by atoms with Crippen LogP contribution >= 0.6 is 0 Å². The molecule has 6 heteroatoms. The maximum Gasteiger partial charge on any atom is 0.335 e. The van der Waals surface area contributed by atoms with Crippen molar-refractivity contribution in [3.8, 4) is 0 Å². The molecule has 4 N–H and O–H groups in total. The average molecular weight is 220 g/mol. The Kier molecular flexibility index (Phi) is 3.67. The van der Waals surface area contributed by atoms with Gasteiger partial charge in [0.25, 0.3) is 0 Å². The van der Waals surface area contributed by atoms with Gasteiger partial charge in [-0.1, -0.05) is 13.8 Å². The van der Waals surface area contributed by atoms with E-state index in [1.54, 1.807) is 13.8 Å². The zero-order valence-electron chi connectivity index (χ0n) is 8.57. The van der Waals surface area contributed by atoms with Crippen molar-refractivity contribution < 1.29 is 30.0 Å². The van der Waals surface area contributed by atoms with E-state index in [1.165, 1.54) is 0 Å². The van der Waals surface area contributed by atoms with E-state index in [4.69, 9.17) is 9.84 Å². The number of aliphatic hydroxyl groups excluding tert-OH is 3. The van der Waals surface area contributed by atoms with Gasteiger partial charge in [-0.3, -0.25) is 0 Å². The van der Waals surface area contributed by atoms with Crippen LogP contribution in [0.2, 0.25) is 0 Å². The van der Waals surface area contributed by atoms with Crippen molar-refractivity contribution in [3.63, 3.8) is 0 Å². The smallest absolute Gasteiger partial charge is 0.335 e. The van der Waals surface area contributed by atoms with Crippen LogP contribution in [-0.4, -0.2) is 56.9 Å². The molecule has 6 nitrogen and oxygen atoms in total. The Morgan fingerprint density at radius 2 is 1.67 bits per heavy atom. The lowest BCUT2D eigenvalue weighted by Crippen LogP contribution is -2.60. The Hall–Kier alpha value is -0.690. The second-order valence-corrected chi connectivity index (χ2v) is 4.08. The Morgan fingerprint density at radius 3 is 2.07 bits per heavy atom. The van der Waals surface area contributed by atoms with Gasteiger partial charge in [0.1, 0.15) is 18.3 Å². The molecule has 0 bridgehead atoms. The van der Waals surface area contributed by atoms with Crippen LogP contribution in [0.3, 0.4) is 0 Å². The lowest BCUT2D eigenvalue weighted by Gasteiger charge is -2.40. The van der Waals surface area contributed by atoms with Gasteiger partial charge in [0.15, 0.2) is 6.10 Å². The molecule has 0 aromatic heterocycles. The van der Waals surface area contributed by atoms with E-state index in [0.29, 0.717) is 0 Å². The molecule has 0 aliphatic carbocycles. The number of aliphatic hydroxyl groups is 3. The van der Waals surface area contributed by atoms with Crippen LogP contribution in [0.25, 0.3) is 0 Å². The van der Waals surface area contributed by atoms with E-state index >= 15 is 0 Å². The molecule has 0 aromatic carbocycles. The summed E-state index contributed by atoms with van der Waals surface area (Å²) in [6.07, 6.45) is -6.64. The minimum absolute atomic E-state index is 0.149. The first kappa shape index (κ1) is 12.4. The molecule has 5 atom stereocenters. The van der Waals surface area contributed by atoms with Crippen LogP contribution < -0.4 is 0 Å². The molecule has 0 saturated carbocycles. The number of rotatable bonds is 2. The zero-order chi connectivity index (χ0) is 11.7. The minimum atomic E-state index is -1.60. The molecule has 1 heterocycles. The van der Waals surface area contributed by atoms with Crippen LogP contribution in [0.15, 0.2) is 0 Å². The standard InChI is InChI=1S/C9H16O6/c1-3(2)7-5(11)4(10)6(12)8(15-7)9(13)14/h3-8,10-12H,1-2H3,(H,13,14)/t4-,5-,6+,7+,8+/m1/s1. The Bertz CT molecular complexity index is 241. The molecule has 0 unspecified atom stereocenters. The van der Waals surface area contributed by atoms with Gasteiger partial charge < -0.3 is 25.2 Å². The third-order valence-electron chi connectivity index (χ3n) is 2.55. The Labute approximate surface area is 87.1 Å². The summed E-state index contributed by atoms with van der Waals surface area (Å²) in [4.78, 5) is 10.7. The van der Waals surface area contributed by atoms with Crippen molar-refractivity contribution in [2.45, 2.75) is 44.4 Å². The SMILES string of the molecule is CC(C)[C@@H]1O[C@H](C(=O)O)[C@@H](O)[C@H](O)[C@H]1O. The summed E-state index contributed by atoms with van der Waals surface area (Å²) < 4.78 is 5.04. The maximum atomic E-state index is 10.7. The number of aliphatic carboxylic acids is 1. The zero-order valence-corrected chi connectivity index (χ0v) is 8.57. The molecule has 0 aromatic rings. The summed E-state index contributed by atoms with van der Waals surface area (Å²) in [6.45, 7) is 3.47. The van der Waals surface area contributed by atoms with Gasteiger partial charge in [-0.25, -0.2) is 4.79 Å². The van der Waals surface area contributed by atoms with Gasteiger partial charge >= 0.3 is 5.97 Å². The van der Waals surface area contributed by atoms with Gasteiger partial charge in [-0.2, -0.15) is 0 Å². The summed E-state index contributed by atoms with van der Waals surface area (Å²) in [5.41, 5.74) is 0. The number of ether oxygens (including phenoxy) is 1. The first-order chi connectivity index (χ1) is 6.86. The summed E-state index contributed by atoms with van der Waals surface area (Å²) >= 11 is 0. The highest BCUT2D eigenvalue weighted by Crippen LogP contribution is 2.25. The van der Waals surface area contributed by atoms with E-state index in [9.17, 15) is 20.1 Å². The van der Waals surface area contributed by atoms with E-state index in [0.717, 1.165) is 0 Å². The van der Waals surface area contributed by atoms with Gasteiger partial charge in [0.05, 0.1) is 6.10 Å². The first-order valence-corrected chi connectivity index (χ1v) is 4.78. The third kappa shape index (κ3) is 2.28. The fraction of sp³-hybridized carbons (Fsp3) is 0.889. The largest absolute Gasteiger partial charge is 0.479 e. The predicted molar refractivity (Wildman–Crippen MR) is 49.2 cm³/mol. The highest BCUT2D eigenvalue weighted by molar-refractivity contribution is 5.73.